The zero-order valence-corrected chi connectivity index (χ0v) is 9.96. The zero-order valence-electron chi connectivity index (χ0n) is 9.14. The molecular formula is C11H15NO3S. The van der Waals surface area contributed by atoms with E-state index >= 15 is 0 Å². The molecule has 0 amide bonds. The first kappa shape index (κ1) is 11.6. The first-order valence-electron chi connectivity index (χ1n) is 5.18. The second-order valence-electron chi connectivity index (χ2n) is 4.08. The number of sulfone groups is 1. The van der Waals surface area contributed by atoms with Crippen LogP contribution >= 0.6 is 0 Å². The Kier molecular flexibility index (Phi) is 2.77. The van der Waals surface area contributed by atoms with Gasteiger partial charge in [0, 0.05) is 0 Å². The van der Waals surface area contributed by atoms with E-state index < -0.39 is 15.4 Å². The van der Waals surface area contributed by atoms with Crippen LogP contribution in [0.15, 0.2) is 29.2 Å². The normalized spacial score (nSPS) is 19.1. The molecule has 4 nitrogen and oxygen atoms in total. The van der Waals surface area contributed by atoms with Crippen LogP contribution in [0.3, 0.4) is 0 Å². The predicted octanol–water partition coefficient (Wildman–Crippen LogP) is 0.664. The van der Waals surface area contributed by atoms with Gasteiger partial charge in [-0.15, -0.1) is 0 Å². The largest absolute Gasteiger partial charge is 0.377 e. The van der Waals surface area contributed by atoms with Gasteiger partial charge in [0.1, 0.15) is 0 Å². The van der Waals surface area contributed by atoms with Gasteiger partial charge in [0.25, 0.3) is 0 Å². The Balaban J connectivity index is 2.30. The van der Waals surface area contributed by atoms with Gasteiger partial charge in [-0.2, -0.15) is 0 Å². The van der Waals surface area contributed by atoms with Gasteiger partial charge in [-0.05, 0) is 17.7 Å². The second kappa shape index (κ2) is 3.84. The quantitative estimate of drug-likeness (QED) is 0.844. The maximum atomic E-state index is 11.6. The van der Waals surface area contributed by atoms with Crippen molar-refractivity contribution in [3.8, 4) is 0 Å². The Hall–Kier alpha value is -0.910. The third-order valence-electron chi connectivity index (χ3n) is 2.89. The molecule has 0 radical (unpaired) electrons. The standard InChI is InChI=1S/C11H15NO3S/c1-2-16(13,14)10-5-3-9(4-6-10)11(12)7-15-8-11/h3-6H,2,7-8,12H2,1H3. The molecule has 1 heterocycles. The summed E-state index contributed by atoms with van der Waals surface area (Å²) in [5.41, 5.74) is 6.53. The summed E-state index contributed by atoms with van der Waals surface area (Å²) in [7, 11) is -3.12. The van der Waals surface area contributed by atoms with E-state index in [2.05, 4.69) is 0 Å². The minimum atomic E-state index is -3.12. The predicted molar refractivity (Wildman–Crippen MR) is 60.9 cm³/mol. The van der Waals surface area contributed by atoms with Gasteiger partial charge in [-0.3, -0.25) is 0 Å². The molecule has 2 rings (SSSR count). The first-order valence-corrected chi connectivity index (χ1v) is 6.83. The van der Waals surface area contributed by atoms with Crippen molar-refractivity contribution in [2.75, 3.05) is 19.0 Å². The molecule has 0 atom stereocenters. The molecule has 1 aromatic rings. The van der Waals surface area contributed by atoms with Crippen molar-refractivity contribution in [2.24, 2.45) is 5.73 Å². The lowest BCUT2D eigenvalue weighted by Gasteiger charge is -2.38. The molecule has 1 aliphatic heterocycles. The average molecular weight is 241 g/mol. The Labute approximate surface area is 95.3 Å². The van der Waals surface area contributed by atoms with E-state index in [0.29, 0.717) is 18.1 Å². The monoisotopic (exact) mass is 241 g/mol. The molecule has 88 valence electrons. The van der Waals surface area contributed by atoms with E-state index in [1.54, 1.807) is 31.2 Å². The summed E-state index contributed by atoms with van der Waals surface area (Å²) in [6.45, 7) is 2.62. The molecule has 0 spiro atoms. The molecule has 1 aromatic carbocycles. The molecule has 1 saturated heterocycles. The maximum Gasteiger partial charge on any atom is 0.178 e. The van der Waals surface area contributed by atoms with Crippen molar-refractivity contribution in [3.05, 3.63) is 29.8 Å². The Morgan fingerprint density at radius 2 is 1.88 bits per heavy atom. The molecule has 0 unspecified atom stereocenters. The van der Waals surface area contributed by atoms with Crippen molar-refractivity contribution in [2.45, 2.75) is 17.4 Å². The van der Waals surface area contributed by atoms with Crippen LogP contribution in [0.2, 0.25) is 0 Å². The fourth-order valence-electron chi connectivity index (χ4n) is 1.65. The fourth-order valence-corrected chi connectivity index (χ4v) is 2.53. The van der Waals surface area contributed by atoms with Gasteiger partial charge in [0.2, 0.25) is 0 Å². The van der Waals surface area contributed by atoms with E-state index in [1.807, 2.05) is 0 Å². The van der Waals surface area contributed by atoms with Gasteiger partial charge in [0.05, 0.1) is 29.4 Å². The van der Waals surface area contributed by atoms with Crippen LogP contribution in [0.4, 0.5) is 0 Å². The summed E-state index contributed by atoms with van der Waals surface area (Å²) in [4.78, 5) is 0.350. The zero-order chi connectivity index (χ0) is 11.8. The van der Waals surface area contributed by atoms with Crippen LogP contribution in [-0.4, -0.2) is 27.4 Å². The third-order valence-corrected chi connectivity index (χ3v) is 4.64. The molecule has 0 aromatic heterocycles. The summed E-state index contributed by atoms with van der Waals surface area (Å²) in [6.07, 6.45) is 0. The smallest absolute Gasteiger partial charge is 0.178 e. The number of hydrogen-bond donors (Lipinski definition) is 1. The molecule has 0 aliphatic carbocycles. The number of rotatable bonds is 3. The topological polar surface area (TPSA) is 69.4 Å². The van der Waals surface area contributed by atoms with Crippen LogP contribution in [-0.2, 0) is 20.1 Å². The second-order valence-corrected chi connectivity index (χ2v) is 6.35. The molecule has 5 heteroatoms. The van der Waals surface area contributed by atoms with Crippen molar-refractivity contribution >= 4 is 9.84 Å². The summed E-state index contributed by atoms with van der Waals surface area (Å²) in [5, 5.41) is 0. The van der Waals surface area contributed by atoms with Crippen molar-refractivity contribution in [1.82, 2.24) is 0 Å². The van der Waals surface area contributed by atoms with Crippen LogP contribution in [0, 0.1) is 0 Å². The lowest BCUT2D eigenvalue weighted by atomic mass is 9.89. The first-order chi connectivity index (χ1) is 7.48. The minimum Gasteiger partial charge on any atom is -0.377 e. The average Bonchev–Trinajstić information content (AvgIpc) is 2.26. The third kappa shape index (κ3) is 1.86. The van der Waals surface area contributed by atoms with Crippen molar-refractivity contribution in [3.63, 3.8) is 0 Å². The van der Waals surface area contributed by atoms with Gasteiger partial charge in [-0.1, -0.05) is 19.1 Å². The van der Waals surface area contributed by atoms with E-state index in [0.717, 1.165) is 5.56 Å². The number of ether oxygens (including phenoxy) is 1. The van der Waals surface area contributed by atoms with Gasteiger partial charge in [-0.25, -0.2) is 8.42 Å². The number of nitrogens with two attached hydrogens (primary N) is 1. The molecule has 1 fully saturated rings. The van der Waals surface area contributed by atoms with Crippen LogP contribution < -0.4 is 5.73 Å². The number of benzene rings is 1. The summed E-state index contributed by atoms with van der Waals surface area (Å²) in [5.74, 6) is 0.114. The van der Waals surface area contributed by atoms with Crippen molar-refractivity contribution in [1.29, 1.82) is 0 Å². The SMILES string of the molecule is CCS(=O)(=O)c1ccc(C2(N)COC2)cc1. The Bertz CT molecular complexity index is 474. The van der Waals surface area contributed by atoms with Crippen LogP contribution in [0.1, 0.15) is 12.5 Å². The Morgan fingerprint density at radius 1 is 1.31 bits per heavy atom. The van der Waals surface area contributed by atoms with Crippen molar-refractivity contribution < 1.29 is 13.2 Å². The van der Waals surface area contributed by atoms with E-state index in [4.69, 9.17) is 10.5 Å². The van der Waals surface area contributed by atoms with Crippen LogP contribution in [0.25, 0.3) is 0 Å². The maximum absolute atomic E-state index is 11.6. The van der Waals surface area contributed by atoms with Gasteiger partial charge in [0.15, 0.2) is 9.84 Å². The summed E-state index contributed by atoms with van der Waals surface area (Å²) < 4.78 is 28.2. The molecule has 1 aliphatic rings. The fraction of sp³-hybridized carbons (Fsp3) is 0.455. The lowest BCUT2D eigenvalue weighted by molar-refractivity contribution is -0.0569. The van der Waals surface area contributed by atoms with E-state index in [9.17, 15) is 8.42 Å². The molecule has 0 saturated carbocycles. The summed E-state index contributed by atoms with van der Waals surface area (Å²) in [6, 6.07) is 6.76. The summed E-state index contributed by atoms with van der Waals surface area (Å²) >= 11 is 0. The highest BCUT2D eigenvalue weighted by molar-refractivity contribution is 7.91. The lowest BCUT2D eigenvalue weighted by Crippen LogP contribution is -2.54. The highest BCUT2D eigenvalue weighted by Gasteiger charge is 2.35. The van der Waals surface area contributed by atoms with E-state index in [1.165, 1.54) is 0 Å². The molecule has 2 N–H and O–H groups in total. The van der Waals surface area contributed by atoms with Gasteiger partial charge < -0.3 is 10.5 Å². The van der Waals surface area contributed by atoms with Crippen LogP contribution in [0.5, 0.6) is 0 Å². The molecular weight excluding hydrogens is 226 g/mol. The van der Waals surface area contributed by atoms with Gasteiger partial charge >= 0.3 is 0 Å². The Morgan fingerprint density at radius 3 is 2.25 bits per heavy atom. The highest BCUT2D eigenvalue weighted by atomic mass is 32.2. The molecule has 0 bridgehead atoms. The minimum absolute atomic E-state index is 0.114. The number of hydrogen-bond acceptors (Lipinski definition) is 4. The van der Waals surface area contributed by atoms with E-state index in [-0.39, 0.29) is 5.75 Å². The molecule has 16 heavy (non-hydrogen) atoms. The highest BCUT2D eigenvalue weighted by Crippen LogP contribution is 2.27.